The maximum Gasteiger partial charge on any atom is 0.159 e. The molecule has 1 fully saturated rings. The van der Waals surface area contributed by atoms with Crippen LogP contribution in [0, 0.1) is 17.6 Å². The molecule has 1 aliphatic carbocycles. The van der Waals surface area contributed by atoms with Gasteiger partial charge in [0.1, 0.15) is 5.82 Å². The number of halogens is 2. The molecule has 0 amide bonds. The largest absolute Gasteiger partial charge is 0.324 e. The van der Waals surface area contributed by atoms with Crippen LogP contribution >= 0.6 is 0 Å². The lowest BCUT2D eigenvalue weighted by Gasteiger charge is -2.17. The highest BCUT2D eigenvalue weighted by Gasteiger charge is 2.16. The fraction of sp³-hybridized carbons (Fsp3) is 0.514. The van der Waals surface area contributed by atoms with Crippen molar-refractivity contribution in [2.24, 2.45) is 5.92 Å². The lowest BCUT2D eigenvalue weighted by Crippen LogP contribution is -2.30. The van der Waals surface area contributed by atoms with Gasteiger partial charge in [0, 0.05) is 9.40 Å². The molecular weight excluding hydrogens is 486 g/mol. The van der Waals surface area contributed by atoms with Crippen LogP contribution in [-0.4, -0.2) is 9.55 Å². The first-order valence-electron chi connectivity index (χ1n) is 14.8. The summed E-state index contributed by atoms with van der Waals surface area (Å²) in [5, 5.41) is 2.13. The second-order valence-electron chi connectivity index (χ2n) is 11.2. The standard InChI is InChI=1S/C26H40N2.C9H10F2.2H2/c1-7-21(4)13-12-16-25-23(6)28(19-24-14-10-8-9-11-15-24)26(27-25)22(5)18-17-20(2)3;1-2-3-7-4-5-8(10)9(11)6-7;;/h13,16-18,24H,6-12,14-15,19H2,1-5H3;4-6H,2-3H2,1H3;2*1H/b21-13?,22-18+,25-16+;;;. The minimum Gasteiger partial charge on any atom is -0.324 e. The van der Waals surface area contributed by atoms with Crippen molar-refractivity contribution in [1.82, 2.24) is 9.55 Å². The number of hydrogen-bond acceptors (Lipinski definition) is 1. The van der Waals surface area contributed by atoms with E-state index in [1.807, 2.05) is 6.92 Å². The number of aromatic nitrogens is 2. The zero-order valence-corrected chi connectivity index (χ0v) is 25.3. The molecule has 0 bridgehead atoms. The van der Waals surface area contributed by atoms with Gasteiger partial charge in [-0.15, -0.1) is 0 Å². The van der Waals surface area contributed by atoms with Crippen molar-refractivity contribution in [3.8, 4) is 0 Å². The molecular formula is C35H54F2N2. The normalized spacial score (nSPS) is 15.5. The van der Waals surface area contributed by atoms with E-state index in [1.54, 1.807) is 6.07 Å². The Morgan fingerprint density at radius 2 is 1.72 bits per heavy atom. The predicted octanol–water partition coefficient (Wildman–Crippen LogP) is 9.57. The molecule has 0 saturated heterocycles. The highest BCUT2D eigenvalue weighted by Crippen LogP contribution is 2.24. The predicted molar refractivity (Wildman–Crippen MR) is 169 cm³/mol. The Morgan fingerprint density at radius 1 is 1.03 bits per heavy atom. The maximum absolute atomic E-state index is 12.5. The van der Waals surface area contributed by atoms with Gasteiger partial charge in [-0.25, -0.2) is 13.8 Å². The second-order valence-corrected chi connectivity index (χ2v) is 11.2. The lowest BCUT2D eigenvalue weighted by molar-refractivity contribution is 0.390. The van der Waals surface area contributed by atoms with Gasteiger partial charge in [-0.3, -0.25) is 0 Å². The summed E-state index contributed by atoms with van der Waals surface area (Å²) in [4.78, 5) is 5.02. The molecule has 1 aromatic heterocycles. The third-order valence-corrected chi connectivity index (χ3v) is 7.40. The minimum atomic E-state index is -0.773. The maximum atomic E-state index is 12.5. The van der Waals surface area contributed by atoms with Gasteiger partial charge < -0.3 is 4.57 Å². The molecule has 1 aromatic carbocycles. The summed E-state index contributed by atoms with van der Waals surface area (Å²) >= 11 is 0. The van der Waals surface area contributed by atoms with Crippen LogP contribution in [0.5, 0.6) is 0 Å². The molecule has 0 radical (unpaired) electrons. The van der Waals surface area contributed by atoms with Crippen molar-refractivity contribution >= 4 is 18.2 Å². The number of imidazole rings is 1. The average Bonchev–Trinajstić information content (AvgIpc) is 3.06. The summed E-state index contributed by atoms with van der Waals surface area (Å²) in [5.41, 5.74) is 4.81. The first-order chi connectivity index (χ1) is 18.7. The molecule has 0 aliphatic heterocycles. The molecule has 0 atom stereocenters. The van der Waals surface area contributed by atoms with Gasteiger partial charge in [0.15, 0.2) is 11.6 Å². The van der Waals surface area contributed by atoms with Crippen molar-refractivity contribution in [2.75, 3.05) is 0 Å². The molecule has 0 spiro atoms. The van der Waals surface area contributed by atoms with E-state index in [0.717, 1.165) is 60.2 Å². The monoisotopic (exact) mass is 540 g/mol. The van der Waals surface area contributed by atoms with Crippen LogP contribution in [0.15, 0.2) is 47.6 Å². The number of rotatable bonds is 9. The Labute approximate surface area is 238 Å². The fourth-order valence-corrected chi connectivity index (χ4v) is 4.84. The van der Waals surface area contributed by atoms with E-state index in [0.29, 0.717) is 0 Å². The molecule has 1 heterocycles. The number of allylic oxidation sites excluding steroid dienone is 6. The number of aryl methyl sites for hydroxylation is 1. The lowest BCUT2D eigenvalue weighted by atomic mass is 10.0. The molecule has 1 saturated carbocycles. The number of benzene rings is 1. The van der Waals surface area contributed by atoms with Crippen LogP contribution in [0.1, 0.15) is 114 Å². The van der Waals surface area contributed by atoms with Crippen LogP contribution in [0.4, 0.5) is 8.78 Å². The number of nitrogens with zero attached hydrogens (tertiary/aromatic N) is 2. The molecule has 2 aromatic rings. The van der Waals surface area contributed by atoms with Gasteiger partial charge in [0.2, 0.25) is 0 Å². The van der Waals surface area contributed by atoms with E-state index in [9.17, 15) is 8.78 Å². The molecule has 1 aliphatic rings. The summed E-state index contributed by atoms with van der Waals surface area (Å²) in [7, 11) is 0. The van der Waals surface area contributed by atoms with Crippen LogP contribution in [0.25, 0.3) is 18.2 Å². The summed E-state index contributed by atoms with van der Waals surface area (Å²) in [5.74, 6) is 0.317. The van der Waals surface area contributed by atoms with Crippen molar-refractivity contribution in [3.63, 3.8) is 0 Å². The highest BCUT2D eigenvalue weighted by molar-refractivity contribution is 5.60. The third-order valence-electron chi connectivity index (χ3n) is 7.40. The van der Waals surface area contributed by atoms with E-state index in [2.05, 4.69) is 70.1 Å². The Kier molecular flexibility index (Phi) is 14.2. The molecule has 2 nitrogen and oxygen atoms in total. The van der Waals surface area contributed by atoms with Gasteiger partial charge in [-0.05, 0) is 89.0 Å². The van der Waals surface area contributed by atoms with Gasteiger partial charge >= 0.3 is 0 Å². The smallest absolute Gasteiger partial charge is 0.159 e. The van der Waals surface area contributed by atoms with E-state index in [1.165, 1.54) is 67.4 Å². The van der Waals surface area contributed by atoms with E-state index in [4.69, 9.17) is 4.98 Å². The Bertz CT molecular complexity index is 1250. The summed E-state index contributed by atoms with van der Waals surface area (Å²) in [6.45, 7) is 18.3. The molecule has 3 rings (SSSR count). The van der Waals surface area contributed by atoms with E-state index < -0.39 is 11.6 Å². The number of hydrogen-bond donors (Lipinski definition) is 0. The van der Waals surface area contributed by atoms with Crippen molar-refractivity contribution in [1.29, 1.82) is 0 Å². The molecule has 218 valence electrons. The van der Waals surface area contributed by atoms with Crippen molar-refractivity contribution < 1.29 is 11.6 Å². The quantitative estimate of drug-likeness (QED) is 0.176. The first-order valence-corrected chi connectivity index (χ1v) is 14.8. The van der Waals surface area contributed by atoms with Crippen LogP contribution in [0.3, 0.4) is 0 Å². The summed E-state index contributed by atoms with van der Waals surface area (Å²) in [6, 6.07) is 4.03. The Balaban J connectivity index is 0.00000104. The summed E-state index contributed by atoms with van der Waals surface area (Å²) in [6.07, 6.45) is 20.9. The van der Waals surface area contributed by atoms with Gasteiger partial charge in [-0.1, -0.05) is 94.0 Å². The summed E-state index contributed by atoms with van der Waals surface area (Å²) < 4.78 is 27.3. The molecule has 0 unspecified atom stereocenters. The Hall–Kier alpha value is -2.75. The van der Waals surface area contributed by atoms with Crippen LogP contribution in [0.2, 0.25) is 0 Å². The van der Waals surface area contributed by atoms with Crippen LogP contribution in [-0.2, 0) is 13.0 Å². The van der Waals surface area contributed by atoms with Gasteiger partial charge in [-0.2, -0.15) is 0 Å². The highest BCUT2D eigenvalue weighted by atomic mass is 19.2. The zero-order chi connectivity index (χ0) is 28.8. The fourth-order valence-electron chi connectivity index (χ4n) is 4.84. The topological polar surface area (TPSA) is 17.8 Å². The average molecular weight is 541 g/mol. The van der Waals surface area contributed by atoms with E-state index in [-0.39, 0.29) is 2.85 Å². The SMILES string of the molecule is C=c1/c(=C\CC=C(C)CC)nc(/C(C)=C/C=C(C)C)n1CC1CCCCCC1.CCCc1ccc(F)c(F)c1.[HH].[HH]. The Morgan fingerprint density at radius 3 is 2.31 bits per heavy atom. The zero-order valence-electron chi connectivity index (χ0n) is 25.3. The molecule has 4 heteroatoms. The first kappa shape index (κ1) is 32.5. The van der Waals surface area contributed by atoms with E-state index >= 15 is 0 Å². The molecule has 39 heavy (non-hydrogen) atoms. The van der Waals surface area contributed by atoms with Crippen LogP contribution < -0.4 is 10.7 Å². The third kappa shape index (κ3) is 11.1. The van der Waals surface area contributed by atoms with Gasteiger partial charge in [0.25, 0.3) is 0 Å². The van der Waals surface area contributed by atoms with Crippen molar-refractivity contribution in [3.05, 3.63) is 81.3 Å². The van der Waals surface area contributed by atoms with Gasteiger partial charge in [0.05, 0.1) is 10.7 Å². The van der Waals surface area contributed by atoms with Crippen molar-refractivity contribution in [2.45, 2.75) is 112 Å². The minimum absolute atomic E-state index is 0. The molecule has 0 N–H and O–H groups in total. The second kappa shape index (κ2) is 17.0.